The summed E-state index contributed by atoms with van der Waals surface area (Å²) in [5.74, 6) is 0.215. The van der Waals surface area contributed by atoms with E-state index < -0.39 is 66.8 Å². The minimum Gasteiger partial charge on any atom is -0.388 e. The van der Waals surface area contributed by atoms with Gasteiger partial charge in [-0.05, 0) is 47.0 Å². The van der Waals surface area contributed by atoms with Gasteiger partial charge in [0.15, 0.2) is 12.6 Å². The summed E-state index contributed by atoms with van der Waals surface area (Å²) in [6.45, 7) is 7.11. The Morgan fingerprint density at radius 1 is 0.971 bits per heavy atom. The fraction of sp³-hybridized carbons (Fsp3) is 0.875. The molecule has 10 unspecified atom stereocenters. The lowest BCUT2D eigenvalue weighted by molar-refractivity contribution is -0.326. The van der Waals surface area contributed by atoms with Gasteiger partial charge in [0.2, 0.25) is 0 Å². The zero-order chi connectivity index (χ0) is 26.1. The van der Waals surface area contributed by atoms with Crippen molar-refractivity contribution >= 4 is 5.78 Å². The van der Waals surface area contributed by atoms with Crippen LogP contribution in [0, 0.1) is 5.41 Å². The van der Waals surface area contributed by atoms with Crippen molar-refractivity contribution in [3.63, 3.8) is 0 Å². The zero-order valence-electron chi connectivity index (χ0n) is 20.7. The highest BCUT2D eigenvalue weighted by atomic mass is 16.7. The molecular formula is C24H40O11. The minimum absolute atomic E-state index is 0.215. The van der Waals surface area contributed by atoms with Gasteiger partial charge in [-0.1, -0.05) is 11.1 Å². The van der Waals surface area contributed by atoms with Gasteiger partial charge < -0.3 is 49.6 Å². The number of hydrogen-bond donors (Lipinski definition) is 6. The molecule has 6 N–H and O–H groups in total. The molecule has 3 rings (SSSR count). The average Bonchev–Trinajstić information content (AvgIpc) is 2.80. The van der Waals surface area contributed by atoms with Gasteiger partial charge in [0.25, 0.3) is 0 Å². The Balaban J connectivity index is 1.56. The highest BCUT2D eigenvalue weighted by molar-refractivity contribution is 5.88. The number of Topliss-reactive ketones (excluding diaryl/α,β-unsaturated/α-hetero) is 1. The van der Waals surface area contributed by atoms with Crippen LogP contribution >= 0.6 is 0 Å². The Bertz CT molecular complexity index is 769. The number of ether oxygens (including phenoxy) is 4. The molecule has 0 spiro atoms. The summed E-state index contributed by atoms with van der Waals surface area (Å²) >= 11 is 0. The molecule has 0 aromatic carbocycles. The van der Waals surface area contributed by atoms with E-state index in [9.17, 15) is 35.4 Å². The van der Waals surface area contributed by atoms with Gasteiger partial charge in [0, 0.05) is 11.8 Å². The van der Waals surface area contributed by atoms with Gasteiger partial charge in [-0.15, -0.1) is 0 Å². The number of aliphatic hydroxyl groups is 6. The van der Waals surface area contributed by atoms with Gasteiger partial charge in [-0.3, -0.25) is 4.79 Å². The van der Waals surface area contributed by atoms with E-state index in [1.165, 1.54) is 5.57 Å². The van der Waals surface area contributed by atoms with Gasteiger partial charge in [-0.2, -0.15) is 0 Å². The predicted molar refractivity (Wildman–Crippen MR) is 121 cm³/mol. The summed E-state index contributed by atoms with van der Waals surface area (Å²) in [4.78, 5) is 12.4. The molecular weight excluding hydrogens is 464 g/mol. The first-order valence-corrected chi connectivity index (χ1v) is 12.2. The minimum atomic E-state index is -1.57. The van der Waals surface area contributed by atoms with Crippen molar-refractivity contribution in [3.05, 3.63) is 11.1 Å². The second-order valence-electron chi connectivity index (χ2n) is 10.4. The van der Waals surface area contributed by atoms with Crippen molar-refractivity contribution in [2.24, 2.45) is 5.41 Å². The van der Waals surface area contributed by atoms with Crippen LogP contribution in [0.5, 0.6) is 0 Å². The van der Waals surface area contributed by atoms with Crippen LogP contribution in [0.15, 0.2) is 11.1 Å². The number of allylic oxidation sites excluding steroid dienone is 2. The first-order chi connectivity index (χ1) is 16.3. The molecule has 11 nitrogen and oxygen atoms in total. The number of rotatable bonds is 8. The van der Waals surface area contributed by atoms with Gasteiger partial charge >= 0.3 is 0 Å². The van der Waals surface area contributed by atoms with E-state index >= 15 is 0 Å². The fourth-order valence-electron chi connectivity index (χ4n) is 4.92. The Kier molecular flexibility index (Phi) is 9.47. The van der Waals surface area contributed by atoms with Crippen LogP contribution in [0.25, 0.3) is 0 Å². The van der Waals surface area contributed by atoms with Crippen LogP contribution in [-0.4, -0.2) is 111 Å². The Hall–Kier alpha value is -0.990. The van der Waals surface area contributed by atoms with Crippen LogP contribution in [0.2, 0.25) is 0 Å². The van der Waals surface area contributed by atoms with Crippen molar-refractivity contribution in [2.45, 2.75) is 115 Å². The first-order valence-electron chi connectivity index (χ1n) is 12.2. The lowest BCUT2D eigenvalue weighted by Crippen LogP contribution is -2.60. The zero-order valence-corrected chi connectivity index (χ0v) is 20.7. The molecule has 2 heterocycles. The molecule has 1 aliphatic carbocycles. The summed E-state index contributed by atoms with van der Waals surface area (Å²) < 4.78 is 22.1. The van der Waals surface area contributed by atoms with Crippen LogP contribution in [-0.2, 0) is 23.7 Å². The molecule has 10 atom stereocenters. The molecule has 0 bridgehead atoms. The topological polar surface area (TPSA) is 175 Å². The third-order valence-corrected chi connectivity index (χ3v) is 7.41. The maximum Gasteiger partial charge on any atom is 0.186 e. The van der Waals surface area contributed by atoms with E-state index in [1.807, 2.05) is 20.8 Å². The van der Waals surface area contributed by atoms with Crippen LogP contribution in [0.3, 0.4) is 0 Å². The maximum absolute atomic E-state index is 12.4. The molecule has 2 aliphatic heterocycles. The van der Waals surface area contributed by atoms with Crippen LogP contribution in [0.4, 0.5) is 0 Å². The quantitative estimate of drug-likeness (QED) is 0.227. The Morgan fingerprint density at radius 3 is 2.31 bits per heavy atom. The maximum atomic E-state index is 12.4. The molecule has 0 aromatic heterocycles. The first kappa shape index (κ1) is 28.6. The van der Waals surface area contributed by atoms with Gasteiger partial charge in [-0.25, -0.2) is 0 Å². The number of hydrogen-bond acceptors (Lipinski definition) is 11. The summed E-state index contributed by atoms with van der Waals surface area (Å²) in [6, 6.07) is 0. The molecule has 35 heavy (non-hydrogen) atoms. The van der Waals surface area contributed by atoms with E-state index in [-0.39, 0.29) is 19.0 Å². The molecule has 0 amide bonds. The highest BCUT2D eigenvalue weighted by Gasteiger charge is 2.46. The van der Waals surface area contributed by atoms with Crippen molar-refractivity contribution in [3.8, 4) is 0 Å². The monoisotopic (exact) mass is 504 g/mol. The Morgan fingerprint density at radius 2 is 1.63 bits per heavy atom. The molecule has 11 heteroatoms. The molecule has 2 saturated heterocycles. The van der Waals surface area contributed by atoms with Crippen molar-refractivity contribution < 1.29 is 54.4 Å². The fourth-order valence-corrected chi connectivity index (χ4v) is 4.92. The lowest BCUT2D eigenvalue weighted by Gasteiger charge is -2.42. The molecule has 0 aromatic rings. The molecule has 0 saturated carbocycles. The third-order valence-electron chi connectivity index (χ3n) is 7.41. The largest absolute Gasteiger partial charge is 0.388 e. The second kappa shape index (κ2) is 11.6. The second-order valence-corrected chi connectivity index (χ2v) is 10.4. The van der Waals surface area contributed by atoms with Crippen LogP contribution in [0.1, 0.15) is 53.4 Å². The predicted octanol–water partition coefficient (Wildman–Crippen LogP) is -0.859. The van der Waals surface area contributed by atoms with E-state index in [0.717, 1.165) is 12.0 Å². The number of aliphatic hydroxyl groups excluding tert-OH is 6. The number of carbonyl (C=O) groups excluding carboxylic acids is 1. The van der Waals surface area contributed by atoms with E-state index in [1.54, 1.807) is 6.92 Å². The lowest BCUT2D eigenvalue weighted by atomic mass is 9.70. The molecule has 3 aliphatic rings. The summed E-state index contributed by atoms with van der Waals surface area (Å²) in [5.41, 5.74) is 1.77. The van der Waals surface area contributed by atoms with Gasteiger partial charge in [0.1, 0.15) is 48.5 Å². The molecule has 0 radical (unpaired) electrons. The normalized spacial score (nSPS) is 41.2. The van der Waals surface area contributed by atoms with Crippen molar-refractivity contribution in [2.75, 3.05) is 13.2 Å². The van der Waals surface area contributed by atoms with Crippen molar-refractivity contribution in [1.29, 1.82) is 0 Å². The standard InChI is InChI=1S/C24H40O11/c1-11-5-8-16(26)24(3,4)13(11)7-6-12(2)34-23-21(31)19(29)18(28)15(35-23)10-33-22-20(30)17(27)14(25)9-32-22/h12,14-15,17-23,25,27-31H,5-10H2,1-4H3. The molecule has 2 fully saturated rings. The third kappa shape index (κ3) is 6.30. The highest BCUT2D eigenvalue weighted by Crippen LogP contribution is 2.40. The van der Waals surface area contributed by atoms with Crippen LogP contribution < -0.4 is 0 Å². The van der Waals surface area contributed by atoms with E-state index in [0.29, 0.717) is 19.3 Å². The van der Waals surface area contributed by atoms with Gasteiger partial charge in [0.05, 0.1) is 19.3 Å². The molecule has 202 valence electrons. The smallest absolute Gasteiger partial charge is 0.186 e. The van der Waals surface area contributed by atoms with E-state index in [2.05, 4.69) is 0 Å². The average molecular weight is 505 g/mol. The SMILES string of the molecule is CC1=C(CCC(C)OC2OC(COC3OCC(O)C(O)C3O)C(O)C(O)C2O)C(C)(C)C(=O)CC1. The Labute approximate surface area is 205 Å². The summed E-state index contributed by atoms with van der Waals surface area (Å²) in [6.07, 6.45) is -10.4. The van der Waals surface area contributed by atoms with Crippen molar-refractivity contribution in [1.82, 2.24) is 0 Å². The summed E-state index contributed by atoms with van der Waals surface area (Å²) in [5, 5.41) is 60.4. The van der Waals surface area contributed by atoms with E-state index in [4.69, 9.17) is 18.9 Å². The number of ketones is 1. The summed E-state index contributed by atoms with van der Waals surface area (Å²) in [7, 11) is 0. The number of carbonyl (C=O) groups is 1.